The fourth-order valence-corrected chi connectivity index (χ4v) is 2.29. The van der Waals surface area contributed by atoms with E-state index in [1.807, 2.05) is 6.92 Å². The molecule has 0 unspecified atom stereocenters. The summed E-state index contributed by atoms with van der Waals surface area (Å²) in [6.07, 6.45) is 11.5. The van der Waals surface area contributed by atoms with E-state index in [-0.39, 0.29) is 12.4 Å². The molecule has 0 bridgehead atoms. The maximum Gasteiger partial charge on any atom is 0.159 e. The Balaban J connectivity index is 3.58. The molecule has 0 aromatic heterocycles. The van der Waals surface area contributed by atoms with E-state index in [0.717, 1.165) is 12.8 Å². The van der Waals surface area contributed by atoms with Gasteiger partial charge in [0.25, 0.3) is 0 Å². The quantitative estimate of drug-likeness (QED) is 0.344. The first kappa shape index (κ1) is 18.9. The van der Waals surface area contributed by atoms with Gasteiger partial charge in [0.05, 0.1) is 6.10 Å². The van der Waals surface area contributed by atoms with Crippen LogP contribution in [0.3, 0.4) is 0 Å². The number of hydrogen-bond donors (Lipinski definition) is 0. The second-order valence-electron chi connectivity index (χ2n) is 5.12. The molecule has 3 heteroatoms. The zero-order valence-corrected chi connectivity index (χ0v) is 13.5. The first-order valence-corrected chi connectivity index (χ1v) is 7.95. The zero-order valence-electron chi connectivity index (χ0n) is 13.5. The van der Waals surface area contributed by atoms with E-state index in [1.54, 1.807) is 14.2 Å². The van der Waals surface area contributed by atoms with Gasteiger partial charge in [0.15, 0.2) is 6.29 Å². The molecule has 0 heterocycles. The number of unbranched alkanes of at least 4 members (excludes halogenated alkanes) is 6. The van der Waals surface area contributed by atoms with Crippen molar-refractivity contribution in [2.45, 2.75) is 84.0 Å². The van der Waals surface area contributed by atoms with Gasteiger partial charge in [-0.25, -0.2) is 0 Å². The first-order valence-electron chi connectivity index (χ1n) is 7.95. The maximum atomic E-state index is 5.51. The molecular weight excluding hydrogens is 240 g/mol. The highest BCUT2D eigenvalue weighted by atomic mass is 16.7. The van der Waals surface area contributed by atoms with Crippen molar-refractivity contribution >= 4 is 0 Å². The Hall–Kier alpha value is -0.120. The van der Waals surface area contributed by atoms with Crippen LogP contribution in [0.2, 0.25) is 0 Å². The molecule has 0 aromatic carbocycles. The Kier molecular flexibility index (Phi) is 14.2. The molecule has 0 amide bonds. The largest absolute Gasteiger partial charge is 0.381 e. The minimum atomic E-state index is -0.125. The second-order valence-corrected chi connectivity index (χ2v) is 5.12. The molecule has 0 aliphatic rings. The van der Waals surface area contributed by atoms with Crippen LogP contribution < -0.4 is 0 Å². The molecule has 0 radical (unpaired) electrons. The monoisotopic (exact) mass is 274 g/mol. The van der Waals surface area contributed by atoms with Gasteiger partial charge in [0.2, 0.25) is 0 Å². The molecule has 3 nitrogen and oxygen atoms in total. The Morgan fingerprint density at radius 3 is 1.95 bits per heavy atom. The SMILES string of the molecule is CCCCCCCCC[C@H](C[C@H](OC)OCC)OC. The van der Waals surface area contributed by atoms with Gasteiger partial charge in [-0.2, -0.15) is 0 Å². The highest BCUT2D eigenvalue weighted by Crippen LogP contribution is 2.15. The summed E-state index contributed by atoms with van der Waals surface area (Å²) in [7, 11) is 3.48. The Morgan fingerprint density at radius 1 is 0.789 bits per heavy atom. The third-order valence-electron chi connectivity index (χ3n) is 3.53. The van der Waals surface area contributed by atoms with Crippen molar-refractivity contribution < 1.29 is 14.2 Å². The van der Waals surface area contributed by atoms with Crippen LogP contribution in [0.25, 0.3) is 0 Å². The van der Waals surface area contributed by atoms with Crippen LogP contribution in [0.5, 0.6) is 0 Å². The molecule has 0 aromatic rings. The zero-order chi connectivity index (χ0) is 14.3. The molecule has 0 rings (SSSR count). The van der Waals surface area contributed by atoms with Gasteiger partial charge in [-0.15, -0.1) is 0 Å². The van der Waals surface area contributed by atoms with Crippen LogP contribution >= 0.6 is 0 Å². The van der Waals surface area contributed by atoms with Crippen LogP contribution in [0, 0.1) is 0 Å². The van der Waals surface area contributed by atoms with Crippen molar-refractivity contribution in [2.75, 3.05) is 20.8 Å². The summed E-state index contributed by atoms with van der Waals surface area (Å²) in [6, 6.07) is 0. The van der Waals surface area contributed by atoms with Gasteiger partial charge in [0, 0.05) is 27.2 Å². The molecule has 0 aliphatic heterocycles. The lowest BCUT2D eigenvalue weighted by atomic mass is 10.0. The number of methoxy groups -OCH3 is 2. The van der Waals surface area contributed by atoms with E-state index in [0.29, 0.717) is 6.61 Å². The van der Waals surface area contributed by atoms with Gasteiger partial charge < -0.3 is 14.2 Å². The molecule has 0 saturated heterocycles. The van der Waals surface area contributed by atoms with E-state index < -0.39 is 0 Å². The van der Waals surface area contributed by atoms with Crippen molar-refractivity contribution in [2.24, 2.45) is 0 Å². The predicted molar refractivity (Wildman–Crippen MR) is 80.4 cm³/mol. The van der Waals surface area contributed by atoms with Crippen molar-refractivity contribution in [3.8, 4) is 0 Å². The van der Waals surface area contributed by atoms with Gasteiger partial charge in [-0.05, 0) is 13.3 Å². The summed E-state index contributed by atoms with van der Waals surface area (Å²) < 4.78 is 16.3. The van der Waals surface area contributed by atoms with Gasteiger partial charge in [0.1, 0.15) is 0 Å². The third kappa shape index (κ3) is 11.4. The Bertz CT molecular complexity index is 173. The lowest BCUT2D eigenvalue weighted by Crippen LogP contribution is -2.24. The van der Waals surface area contributed by atoms with E-state index in [1.165, 1.54) is 44.9 Å². The summed E-state index contributed by atoms with van der Waals surface area (Å²) in [6.45, 7) is 4.93. The number of hydrogen-bond acceptors (Lipinski definition) is 3. The van der Waals surface area contributed by atoms with Crippen LogP contribution in [0.1, 0.15) is 71.6 Å². The molecule has 0 spiro atoms. The Labute approximate surface area is 120 Å². The van der Waals surface area contributed by atoms with Crippen LogP contribution in [0.15, 0.2) is 0 Å². The minimum absolute atomic E-state index is 0.125. The van der Waals surface area contributed by atoms with E-state index in [2.05, 4.69) is 6.92 Å². The lowest BCUT2D eigenvalue weighted by Gasteiger charge is -2.21. The highest BCUT2D eigenvalue weighted by Gasteiger charge is 2.15. The third-order valence-corrected chi connectivity index (χ3v) is 3.53. The number of rotatable bonds is 14. The van der Waals surface area contributed by atoms with Crippen molar-refractivity contribution in [1.82, 2.24) is 0 Å². The van der Waals surface area contributed by atoms with Crippen LogP contribution in [0.4, 0.5) is 0 Å². The molecule has 0 fully saturated rings. The summed E-state index contributed by atoms with van der Waals surface area (Å²) in [5.41, 5.74) is 0. The van der Waals surface area contributed by atoms with Crippen molar-refractivity contribution in [3.05, 3.63) is 0 Å². The predicted octanol–water partition coefficient (Wildman–Crippen LogP) is 4.54. The summed E-state index contributed by atoms with van der Waals surface area (Å²) >= 11 is 0. The van der Waals surface area contributed by atoms with Crippen molar-refractivity contribution in [3.63, 3.8) is 0 Å². The average molecular weight is 274 g/mol. The van der Waals surface area contributed by atoms with Crippen LogP contribution in [-0.2, 0) is 14.2 Å². The van der Waals surface area contributed by atoms with Crippen molar-refractivity contribution in [1.29, 1.82) is 0 Å². The summed E-state index contributed by atoms with van der Waals surface area (Å²) in [5, 5.41) is 0. The van der Waals surface area contributed by atoms with Gasteiger partial charge in [-0.1, -0.05) is 51.9 Å². The second kappa shape index (κ2) is 14.3. The van der Waals surface area contributed by atoms with Crippen LogP contribution in [-0.4, -0.2) is 33.2 Å². The molecule has 0 N–H and O–H groups in total. The van der Waals surface area contributed by atoms with Gasteiger partial charge in [-0.3, -0.25) is 0 Å². The smallest absolute Gasteiger partial charge is 0.159 e. The average Bonchev–Trinajstić information content (AvgIpc) is 2.44. The first-order chi connectivity index (χ1) is 9.28. The molecular formula is C16H34O3. The van der Waals surface area contributed by atoms with E-state index in [9.17, 15) is 0 Å². The molecule has 0 saturated carbocycles. The van der Waals surface area contributed by atoms with E-state index >= 15 is 0 Å². The molecule has 19 heavy (non-hydrogen) atoms. The topological polar surface area (TPSA) is 27.7 Å². The van der Waals surface area contributed by atoms with E-state index in [4.69, 9.17) is 14.2 Å². The lowest BCUT2D eigenvalue weighted by molar-refractivity contribution is -0.141. The minimum Gasteiger partial charge on any atom is -0.381 e. The summed E-state index contributed by atoms with van der Waals surface area (Å²) in [5.74, 6) is 0. The van der Waals surface area contributed by atoms with Gasteiger partial charge >= 0.3 is 0 Å². The Morgan fingerprint density at radius 2 is 1.42 bits per heavy atom. The molecule has 116 valence electrons. The highest BCUT2D eigenvalue weighted by molar-refractivity contribution is 4.61. The summed E-state index contributed by atoms with van der Waals surface area (Å²) in [4.78, 5) is 0. The number of ether oxygens (including phenoxy) is 3. The normalized spacial score (nSPS) is 14.5. The standard InChI is InChI=1S/C16H34O3/c1-5-7-8-9-10-11-12-13-15(17-3)14-16(18-4)19-6-2/h15-16H,5-14H2,1-4H3/t15-,16-/m1/s1. The fraction of sp³-hybridized carbons (Fsp3) is 1.00. The molecule has 0 aliphatic carbocycles. The fourth-order valence-electron chi connectivity index (χ4n) is 2.29. The maximum absolute atomic E-state index is 5.51. The molecule has 2 atom stereocenters.